The van der Waals surface area contributed by atoms with Gasteiger partial charge in [0, 0.05) is 12.6 Å². The number of rotatable bonds is 5. The molecule has 1 saturated heterocycles. The molecule has 1 rings (SSSR count). The molecular weight excluding hydrogens is 180 g/mol. The highest BCUT2D eigenvalue weighted by Crippen LogP contribution is 2.16. The zero-order chi connectivity index (χ0) is 10.4. The molecule has 2 atom stereocenters. The number of amides is 1. The van der Waals surface area contributed by atoms with Crippen LogP contribution in [0.1, 0.15) is 26.2 Å². The Labute approximate surface area is 85.2 Å². The maximum Gasteiger partial charge on any atom is 0.222 e. The average molecular weight is 200 g/mol. The lowest BCUT2D eigenvalue weighted by Crippen LogP contribution is -2.49. The minimum atomic E-state index is -0.206. The van der Waals surface area contributed by atoms with E-state index in [1.165, 1.54) is 0 Å². The predicted molar refractivity (Wildman–Crippen MR) is 54.8 cm³/mol. The van der Waals surface area contributed by atoms with Crippen LogP contribution in [0.5, 0.6) is 0 Å². The second kappa shape index (κ2) is 5.98. The lowest BCUT2D eigenvalue weighted by molar-refractivity contribution is -0.124. The van der Waals surface area contributed by atoms with Crippen LogP contribution in [-0.4, -0.2) is 31.7 Å². The summed E-state index contributed by atoms with van der Waals surface area (Å²) in [5.74, 6) is -0.261. The summed E-state index contributed by atoms with van der Waals surface area (Å²) in [6, 6.07) is 0.118. The second-order valence-corrected chi connectivity index (χ2v) is 3.79. The molecule has 0 aromatic rings. The lowest BCUT2D eigenvalue weighted by Gasteiger charge is -2.30. The van der Waals surface area contributed by atoms with E-state index in [0.29, 0.717) is 6.61 Å². The van der Waals surface area contributed by atoms with E-state index in [1.807, 2.05) is 0 Å². The molecule has 82 valence electrons. The molecule has 0 bridgehead atoms. The van der Waals surface area contributed by atoms with Crippen LogP contribution in [0.4, 0.5) is 0 Å². The van der Waals surface area contributed by atoms with Gasteiger partial charge in [0.25, 0.3) is 0 Å². The van der Waals surface area contributed by atoms with Gasteiger partial charge in [-0.1, -0.05) is 6.92 Å². The molecule has 3 N–H and O–H groups in total. The van der Waals surface area contributed by atoms with Crippen molar-refractivity contribution < 1.29 is 9.53 Å². The molecule has 0 spiro atoms. The van der Waals surface area contributed by atoms with Gasteiger partial charge in [0.15, 0.2) is 0 Å². The van der Waals surface area contributed by atoms with Gasteiger partial charge in [0.2, 0.25) is 5.91 Å². The molecule has 1 aliphatic rings. The zero-order valence-corrected chi connectivity index (χ0v) is 8.79. The third-order valence-electron chi connectivity index (χ3n) is 2.60. The number of nitrogens with one attached hydrogen (secondary N) is 1. The molecule has 0 aromatic heterocycles. The van der Waals surface area contributed by atoms with Crippen molar-refractivity contribution in [2.75, 3.05) is 19.8 Å². The van der Waals surface area contributed by atoms with Crippen molar-refractivity contribution in [1.29, 1.82) is 0 Å². The minimum Gasteiger partial charge on any atom is -0.380 e. The summed E-state index contributed by atoms with van der Waals surface area (Å²) < 4.78 is 5.43. The van der Waals surface area contributed by atoms with Gasteiger partial charge < -0.3 is 15.8 Å². The number of piperidine rings is 1. The van der Waals surface area contributed by atoms with Gasteiger partial charge in [-0.05, 0) is 25.8 Å². The quantitative estimate of drug-likeness (QED) is 0.626. The van der Waals surface area contributed by atoms with Crippen LogP contribution in [0, 0.1) is 5.92 Å². The first-order valence-corrected chi connectivity index (χ1v) is 5.36. The molecule has 4 nitrogen and oxygen atoms in total. The number of hydrogen-bond acceptors (Lipinski definition) is 3. The average Bonchev–Trinajstić information content (AvgIpc) is 2.19. The molecule has 0 radical (unpaired) electrons. The molecular formula is C10H20N2O2. The molecule has 0 aromatic carbocycles. The van der Waals surface area contributed by atoms with E-state index in [2.05, 4.69) is 12.2 Å². The van der Waals surface area contributed by atoms with E-state index >= 15 is 0 Å². The number of hydrogen-bond donors (Lipinski definition) is 2. The lowest BCUT2D eigenvalue weighted by atomic mass is 9.91. The normalized spacial score (nSPS) is 27.5. The Hall–Kier alpha value is -0.610. The van der Waals surface area contributed by atoms with Gasteiger partial charge in [-0.25, -0.2) is 0 Å². The molecule has 1 aliphatic heterocycles. The summed E-state index contributed by atoms with van der Waals surface area (Å²) in [6.07, 6.45) is 2.92. The molecule has 1 amide bonds. The third-order valence-corrected chi connectivity index (χ3v) is 2.60. The van der Waals surface area contributed by atoms with Gasteiger partial charge in [-0.3, -0.25) is 4.79 Å². The molecule has 4 heteroatoms. The first-order chi connectivity index (χ1) is 6.75. The van der Waals surface area contributed by atoms with E-state index in [1.54, 1.807) is 0 Å². The highest BCUT2D eigenvalue weighted by Gasteiger charge is 2.28. The van der Waals surface area contributed by atoms with Gasteiger partial charge >= 0.3 is 0 Å². The maximum absolute atomic E-state index is 11.1. The number of ether oxygens (including phenoxy) is 1. The number of nitrogens with two attached hydrogens (primary N) is 1. The van der Waals surface area contributed by atoms with Crippen molar-refractivity contribution in [3.63, 3.8) is 0 Å². The van der Waals surface area contributed by atoms with Crippen molar-refractivity contribution in [1.82, 2.24) is 5.32 Å². The Balaban J connectivity index is 2.34. The van der Waals surface area contributed by atoms with E-state index in [9.17, 15) is 4.79 Å². The van der Waals surface area contributed by atoms with Crippen molar-refractivity contribution in [3.8, 4) is 0 Å². The van der Waals surface area contributed by atoms with Crippen LogP contribution >= 0.6 is 0 Å². The van der Waals surface area contributed by atoms with Gasteiger partial charge in [0.1, 0.15) is 0 Å². The monoisotopic (exact) mass is 200 g/mol. The fourth-order valence-corrected chi connectivity index (χ4v) is 1.82. The Bertz CT molecular complexity index is 185. The maximum atomic E-state index is 11.1. The first-order valence-electron chi connectivity index (χ1n) is 5.36. The molecule has 2 unspecified atom stereocenters. The van der Waals surface area contributed by atoms with E-state index in [4.69, 9.17) is 10.5 Å². The van der Waals surface area contributed by atoms with Gasteiger partial charge in [0.05, 0.1) is 12.5 Å². The zero-order valence-electron chi connectivity index (χ0n) is 8.79. The Kier molecular flexibility index (Phi) is 4.90. The Morgan fingerprint density at radius 3 is 3.07 bits per heavy atom. The number of primary amides is 1. The van der Waals surface area contributed by atoms with Crippen molar-refractivity contribution in [3.05, 3.63) is 0 Å². The largest absolute Gasteiger partial charge is 0.380 e. The summed E-state index contributed by atoms with van der Waals surface area (Å²) in [7, 11) is 0. The molecule has 0 saturated carbocycles. The highest BCUT2D eigenvalue weighted by molar-refractivity contribution is 5.77. The van der Waals surface area contributed by atoms with Crippen LogP contribution < -0.4 is 11.1 Å². The molecule has 1 heterocycles. The van der Waals surface area contributed by atoms with Crippen LogP contribution in [0.3, 0.4) is 0 Å². The van der Waals surface area contributed by atoms with E-state index < -0.39 is 0 Å². The van der Waals surface area contributed by atoms with E-state index in [0.717, 1.165) is 32.4 Å². The smallest absolute Gasteiger partial charge is 0.222 e. The first kappa shape index (κ1) is 11.5. The minimum absolute atomic E-state index is 0.0550. The summed E-state index contributed by atoms with van der Waals surface area (Å²) in [5.41, 5.74) is 5.33. The second-order valence-electron chi connectivity index (χ2n) is 3.79. The fourth-order valence-electron chi connectivity index (χ4n) is 1.82. The predicted octanol–water partition coefficient (Wildman–Crippen LogP) is 0.267. The van der Waals surface area contributed by atoms with Crippen LogP contribution in [-0.2, 0) is 9.53 Å². The van der Waals surface area contributed by atoms with Crippen molar-refractivity contribution in [2.24, 2.45) is 11.7 Å². The Morgan fingerprint density at radius 2 is 2.43 bits per heavy atom. The molecule has 14 heavy (non-hydrogen) atoms. The number of carbonyl (C=O) groups excluding carboxylic acids is 1. The highest BCUT2D eigenvalue weighted by atomic mass is 16.5. The van der Waals surface area contributed by atoms with Gasteiger partial charge in [-0.15, -0.1) is 0 Å². The SMILES string of the molecule is CCCOCC1NCCCC1C(N)=O. The van der Waals surface area contributed by atoms with E-state index in [-0.39, 0.29) is 17.9 Å². The summed E-state index contributed by atoms with van der Waals surface area (Å²) in [5, 5.41) is 3.28. The van der Waals surface area contributed by atoms with Crippen molar-refractivity contribution in [2.45, 2.75) is 32.2 Å². The third kappa shape index (κ3) is 3.27. The van der Waals surface area contributed by atoms with Crippen molar-refractivity contribution >= 4 is 5.91 Å². The van der Waals surface area contributed by atoms with Crippen LogP contribution in [0.25, 0.3) is 0 Å². The summed E-state index contributed by atoms with van der Waals surface area (Å²) in [6.45, 7) is 4.38. The fraction of sp³-hybridized carbons (Fsp3) is 0.900. The number of carbonyl (C=O) groups is 1. The van der Waals surface area contributed by atoms with Gasteiger partial charge in [-0.2, -0.15) is 0 Å². The Morgan fingerprint density at radius 1 is 1.64 bits per heavy atom. The summed E-state index contributed by atoms with van der Waals surface area (Å²) >= 11 is 0. The standard InChI is InChI=1S/C10H20N2O2/c1-2-6-14-7-9-8(10(11)13)4-3-5-12-9/h8-9,12H,2-7H2,1H3,(H2,11,13). The van der Waals surface area contributed by atoms with Crippen LogP contribution in [0.2, 0.25) is 0 Å². The van der Waals surface area contributed by atoms with Crippen LogP contribution in [0.15, 0.2) is 0 Å². The topological polar surface area (TPSA) is 64.3 Å². The molecule has 1 fully saturated rings. The molecule has 0 aliphatic carbocycles. The summed E-state index contributed by atoms with van der Waals surface area (Å²) in [4.78, 5) is 11.1.